The number of hydrogen-bond acceptors (Lipinski definition) is 3. The van der Waals surface area contributed by atoms with Crippen LogP contribution in [0.1, 0.15) is 6.42 Å². The molecule has 0 unspecified atom stereocenters. The molecule has 0 aromatic carbocycles. The molecule has 0 radical (unpaired) electrons. The van der Waals surface area contributed by atoms with Gasteiger partial charge in [0.2, 0.25) is 0 Å². The van der Waals surface area contributed by atoms with Crippen molar-refractivity contribution in [3.63, 3.8) is 0 Å². The van der Waals surface area contributed by atoms with Crippen LogP contribution in [0.3, 0.4) is 0 Å². The van der Waals surface area contributed by atoms with Crippen LogP contribution in [0.5, 0.6) is 0 Å². The Morgan fingerprint density at radius 2 is 2.54 bits per heavy atom. The van der Waals surface area contributed by atoms with E-state index in [0.29, 0.717) is 25.7 Å². The second-order valence-electron chi connectivity index (χ2n) is 3.16. The molecule has 0 aliphatic carbocycles. The predicted molar refractivity (Wildman–Crippen MR) is 47.9 cm³/mol. The van der Waals surface area contributed by atoms with Gasteiger partial charge in [-0.3, -0.25) is 0 Å². The molecule has 13 heavy (non-hydrogen) atoms. The molecule has 0 bridgehead atoms. The highest BCUT2D eigenvalue weighted by Gasteiger charge is 2.24. The molecule has 2 N–H and O–H groups in total. The van der Waals surface area contributed by atoms with Crippen LogP contribution in [0.2, 0.25) is 0 Å². The van der Waals surface area contributed by atoms with E-state index < -0.39 is 6.09 Å². The maximum absolute atomic E-state index is 10.6. The van der Waals surface area contributed by atoms with Crippen LogP contribution < -0.4 is 5.32 Å². The van der Waals surface area contributed by atoms with Crippen LogP contribution in [0.15, 0.2) is 0 Å². The Morgan fingerprint density at radius 3 is 3.08 bits per heavy atom. The van der Waals surface area contributed by atoms with Crippen molar-refractivity contribution in [2.24, 2.45) is 0 Å². The van der Waals surface area contributed by atoms with Gasteiger partial charge in [-0.2, -0.15) is 0 Å². The molecule has 1 heterocycles. The molecule has 1 atom stereocenters. The molecule has 5 nitrogen and oxygen atoms in total. The average molecular weight is 188 g/mol. The standard InChI is InChI=1S/C8H16N2O3/c1-13-5-3-9-7-2-4-10(6-7)8(11)12/h7,9H,2-6H2,1H3,(H,11,12)/t7-/m0/s1. The molecule has 0 saturated carbocycles. The molecule has 5 heteroatoms. The van der Waals surface area contributed by atoms with E-state index in [1.54, 1.807) is 7.11 Å². The van der Waals surface area contributed by atoms with Gasteiger partial charge in [0.1, 0.15) is 0 Å². The topological polar surface area (TPSA) is 61.8 Å². The van der Waals surface area contributed by atoms with E-state index in [1.807, 2.05) is 0 Å². The largest absolute Gasteiger partial charge is 0.465 e. The van der Waals surface area contributed by atoms with Crippen LogP contribution >= 0.6 is 0 Å². The first-order valence-electron chi connectivity index (χ1n) is 4.44. The van der Waals surface area contributed by atoms with Gasteiger partial charge < -0.3 is 20.1 Å². The SMILES string of the molecule is COCCN[C@H]1CCN(C(=O)O)C1. The Balaban J connectivity index is 2.14. The molecule has 1 fully saturated rings. The third-order valence-corrected chi connectivity index (χ3v) is 2.20. The minimum atomic E-state index is -0.823. The highest BCUT2D eigenvalue weighted by atomic mass is 16.5. The van der Waals surface area contributed by atoms with Gasteiger partial charge in [0.25, 0.3) is 0 Å². The number of carbonyl (C=O) groups is 1. The van der Waals surface area contributed by atoms with Crippen molar-refractivity contribution in [3.8, 4) is 0 Å². The maximum Gasteiger partial charge on any atom is 0.407 e. The van der Waals surface area contributed by atoms with E-state index in [-0.39, 0.29) is 0 Å². The van der Waals surface area contributed by atoms with Crippen molar-refractivity contribution < 1.29 is 14.6 Å². The first-order chi connectivity index (χ1) is 6.24. The lowest BCUT2D eigenvalue weighted by atomic mass is 10.3. The number of nitrogens with zero attached hydrogens (tertiary/aromatic N) is 1. The predicted octanol–water partition coefficient (Wildman–Crippen LogP) is -0.0253. The highest BCUT2D eigenvalue weighted by molar-refractivity contribution is 5.65. The van der Waals surface area contributed by atoms with Gasteiger partial charge in [-0.15, -0.1) is 0 Å². The fourth-order valence-electron chi connectivity index (χ4n) is 1.47. The fraction of sp³-hybridized carbons (Fsp3) is 0.875. The van der Waals surface area contributed by atoms with Gasteiger partial charge in [0.15, 0.2) is 0 Å². The van der Waals surface area contributed by atoms with E-state index in [0.717, 1.165) is 13.0 Å². The van der Waals surface area contributed by atoms with Gasteiger partial charge in [-0.1, -0.05) is 0 Å². The van der Waals surface area contributed by atoms with E-state index in [1.165, 1.54) is 4.90 Å². The minimum Gasteiger partial charge on any atom is -0.465 e. The summed E-state index contributed by atoms with van der Waals surface area (Å²) >= 11 is 0. The first kappa shape index (κ1) is 10.3. The lowest BCUT2D eigenvalue weighted by Gasteiger charge is -2.13. The average Bonchev–Trinajstić information content (AvgIpc) is 2.53. The van der Waals surface area contributed by atoms with Crippen molar-refractivity contribution in [1.82, 2.24) is 10.2 Å². The van der Waals surface area contributed by atoms with Gasteiger partial charge in [0.05, 0.1) is 6.61 Å². The summed E-state index contributed by atoms with van der Waals surface area (Å²) in [5, 5.41) is 11.9. The Hall–Kier alpha value is -0.810. The smallest absolute Gasteiger partial charge is 0.407 e. The molecule has 1 aliphatic rings. The van der Waals surface area contributed by atoms with Crippen molar-refractivity contribution >= 4 is 6.09 Å². The normalized spacial score (nSPS) is 22.2. The first-order valence-corrected chi connectivity index (χ1v) is 4.44. The molecular formula is C8H16N2O3. The molecule has 1 saturated heterocycles. The summed E-state index contributed by atoms with van der Waals surface area (Å²) in [6, 6.07) is 0.297. The zero-order valence-corrected chi connectivity index (χ0v) is 7.82. The quantitative estimate of drug-likeness (QED) is 0.608. The molecule has 1 aliphatic heterocycles. The molecule has 0 aromatic heterocycles. The van der Waals surface area contributed by atoms with Gasteiger partial charge in [-0.05, 0) is 6.42 Å². The van der Waals surface area contributed by atoms with Crippen molar-refractivity contribution in [2.45, 2.75) is 12.5 Å². The zero-order chi connectivity index (χ0) is 9.68. The second kappa shape index (κ2) is 5.04. The summed E-state index contributed by atoms with van der Waals surface area (Å²) in [5.74, 6) is 0. The number of carboxylic acid groups (broad SMARTS) is 1. The van der Waals surface area contributed by atoms with Crippen LogP contribution in [0.25, 0.3) is 0 Å². The third kappa shape index (κ3) is 3.20. The summed E-state index contributed by atoms with van der Waals surface area (Å²) in [7, 11) is 1.65. The highest BCUT2D eigenvalue weighted by Crippen LogP contribution is 2.08. The number of amides is 1. The number of hydrogen-bond donors (Lipinski definition) is 2. The minimum absolute atomic E-state index is 0.297. The Labute approximate surface area is 77.7 Å². The molecule has 1 rings (SSSR count). The molecule has 1 amide bonds. The molecule has 76 valence electrons. The van der Waals surface area contributed by atoms with Crippen LogP contribution in [0, 0.1) is 0 Å². The van der Waals surface area contributed by atoms with Crippen molar-refractivity contribution in [2.75, 3.05) is 33.4 Å². The maximum atomic E-state index is 10.6. The van der Waals surface area contributed by atoms with Crippen LogP contribution in [-0.4, -0.2) is 55.5 Å². The summed E-state index contributed by atoms with van der Waals surface area (Å²) in [6.07, 6.45) is 0.0757. The molecular weight excluding hydrogens is 172 g/mol. The Kier molecular flexibility index (Phi) is 3.98. The number of nitrogens with one attached hydrogen (secondary N) is 1. The summed E-state index contributed by atoms with van der Waals surface area (Å²) < 4.78 is 4.88. The van der Waals surface area contributed by atoms with E-state index in [9.17, 15) is 4.79 Å². The monoisotopic (exact) mass is 188 g/mol. The lowest BCUT2D eigenvalue weighted by molar-refractivity contribution is 0.154. The fourth-order valence-corrected chi connectivity index (χ4v) is 1.47. The third-order valence-electron chi connectivity index (χ3n) is 2.20. The second-order valence-corrected chi connectivity index (χ2v) is 3.16. The zero-order valence-electron chi connectivity index (χ0n) is 7.82. The lowest BCUT2D eigenvalue weighted by Crippen LogP contribution is -2.36. The van der Waals surface area contributed by atoms with Gasteiger partial charge >= 0.3 is 6.09 Å². The van der Waals surface area contributed by atoms with E-state index in [4.69, 9.17) is 9.84 Å². The Bertz CT molecular complexity index is 175. The number of rotatable bonds is 4. The van der Waals surface area contributed by atoms with Crippen LogP contribution in [-0.2, 0) is 4.74 Å². The van der Waals surface area contributed by atoms with Crippen LogP contribution in [0.4, 0.5) is 4.79 Å². The van der Waals surface area contributed by atoms with E-state index in [2.05, 4.69) is 5.32 Å². The van der Waals surface area contributed by atoms with Crippen molar-refractivity contribution in [3.05, 3.63) is 0 Å². The van der Waals surface area contributed by atoms with E-state index >= 15 is 0 Å². The number of methoxy groups -OCH3 is 1. The Morgan fingerprint density at radius 1 is 1.77 bits per heavy atom. The van der Waals surface area contributed by atoms with Crippen molar-refractivity contribution in [1.29, 1.82) is 0 Å². The molecule has 0 spiro atoms. The van der Waals surface area contributed by atoms with Gasteiger partial charge in [-0.25, -0.2) is 4.79 Å². The van der Waals surface area contributed by atoms with Gasteiger partial charge in [0, 0.05) is 32.8 Å². The summed E-state index contributed by atoms with van der Waals surface area (Å²) in [6.45, 7) is 2.69. The molecule has 0 aromatic rings. The number of ether oxygens (including phenoxy) is 1. The number of likely N-dealkylation sites (tertiary alicyclic amines) is 1. The summed E-state index contributed by atoms with van der Waals surface area (Å²) in [5.41, 5.74) is 0. The summed E-state index contributed by atoms with van der Waals surface area (Å²) in [4.78, 5) is 12.0.